The number of carbonyl (C=O) groups is 2. The number of methoxy groups -OCH3 is 1. The van der Waals surface area contributed by atoms with Gasteiger partial charge in [0.15, 0.2) is 0 Å². The van der Waals surface area contributed by atoms with Crippen molar-refractivity contribution in [3.63, 3.8) is 0 Å². The topological polar surface area (TPSA) is 49.9 Å². The molecule has 0 bridgehead atoms. The molecule has 2 aromatic rings. The molecule has 3 rings (SSSR count). The minimum atomic E-state index is -0.556. The van der Waals surface area contributed by atoms with Gasteiger partial charge in [0, 0.05) is 31.7 Å². The van der Waals surface area contributed by atoms with Gasteiger partial charge in [-0.15, -0.1) is 0 Å². The van der Waals surface area contributed by atoms with E-state index in [1.807, 2.05) is 0 Å². The van der Waals surface area contributed by atoms with E-state index >= 15 is 0 Å². The van der Waals surface area contributed by atoms with Gasteiger partial charge in [0.05, 0.1) is 19.1 Å². The molecule has 0 aromatic heterocycles. The molecule has 0 N–H and O–H groups in total. The fraction of sp³-hybridized carbons (Fsp3) is 0.300. The van der Waals surface area contributed by atoms with Crippen LogP contribution in [0.25, 0.3) is 0 Å². The fourth-order valence-corrected chi connectivity index (χ4v) is 3.12. The average Bonchev–Trinajstić information content (AvgIpc) is 2.68. The molecule has 1 aliphatic heterocycles. The first kappa shape index (κ1) is 18.8. The van der Waals surface area contributed by atoms with Crippen molar-refractivity contribution in [3.05, 3.63) is 65.2 Å². The fourth-order valence-electron chi connectivity index (χ4n) is 3.12. The summed E-state index contributed by atoms with van der Waals surface area (Å²) in [5, 5.41) is 0. The van der Waals surface area contributed by atoms with Crippen molar-refractivity contribution >= 4 is 11.8 Å². The van der Waals surface area contributed by atoms with E-state index in [4.69, 9.17) is 4.74 Å². The maximum atomic E-state index is 13.8. The Bertz CT molecular complexity index is 849. The third-order valence-corrected chi connectivity index (χ3v) is 4.61. The molecule has 0 unspecified atom stereocenters. The van der Waals surface area contributed by atoms with Crippen molar-refractivity contribution in [2.75, 3.05) is 33.3 Å². The highest BCUT2D eigenvalue weighted by Crippen LogP contribution is 2.21. The number of amides is 2. The van der Waals surface area contributed by atoms with Crippen molar-refractivity contribution in [1.82, 2.24) is 9.80 Å². The van der Waals surface area contributed by atoms with Crippen LogP contribution < -0.4 is 4.74 Å². The Hall–Kier alpha value is -2.96. The Labute approximate surface area is 156 Å². The Morgan fingerprint density at radius 1 is 1.00 bits per heavy atom. The molecule has 5 nitrogen and oxygen atoms in total. The monoisotopic (exact) mass is 374 g/mol. The SMILES string of the molecule is COc1ccc(F)cc1CC(=O)N1CCN(C(=O)c2ccccc2F)CC1. The van der Waals surface area contributed by atoms with E-state index in [9.17, 15) is 18.4 Å². The van der Waals surface area contributed by atoms with Crippen LogP contribution in [0.1, 0.15) is 15.9 Å². The highest BCUT2D eigenvalue weighted by Gasteiger charge is 2.26. The van der Waals surface area contributed by atoms with Gasteiger partial charge in [0.1, 0.15) is 17.4 Å². The molecule has 0 radical (unpaired) electrons. The summed E-state index contributed by atoms with van der Waals surface area (Å²) in [7, 11) is 1.47. The van der Waals surface area contributed by atoms with E-state index < -0.39 is 11.6 Å². The number of nitrogens with zero attached hydrogens (tertiary/aromatic N) is 2. The van der Waals surface area contributed by atoms with Crippen LogP contribution >= 0.6 is 0 Å². The maximum absolute atomic E-state index is 13.8. The van der Waals surface area contributed by atoms with E-state index in [0.717, 1.165) is 0 Å². The predicted octanol–water partition coefficient (Wildman–Crippen LogP) is 2.50. The number of rotatable bonds is 4. The lowest BCUT2D eigenvalue weighted by Gasteiger charge is -2.35. The van der Waals surface area contributed by atoms with Crippen molar-refractivity contribution in [2.45, 2.75) is 6.42 Å². The summed E-state index contributed by atoms with van der Waals surface area (Å²) < 4.78 is 32.4. The summed E-state index contributed by atoms with van der Waals surface area (Å²) in [5.74, 6) is -1.08. The molecule has 142 valence electrons. The zero-order valence-corrected chi connectivity index (χ0v) is 15.0. The van der Waals surface area contributed by atoms with Crippen molar-refractivity contribution in [3.8, 4) is 5.75 Å². The average molecular weight is 374 g/mol. The molecular formula is C20H20F2N2O3. The zero-order valence-electron chi connectivity index (χ0n) is 15.0. The Balaban J connectivity index is 1.61. The highest BCUT2D eigenvalue weighted by molar-refractivity contribution is 5.94. The van der Waals surface area contributed by atoms with E-state index in [0.29, 0.717) is 37.5 Å². The number of halogens is 2. The number of benzene rings is 2. The Kier molecular flexibility index (Phi) is 5.69. The summed E-state index contributed by atoms with van der Waals surface area (Å²) in [6, 6.07) is 9.90. The number of piperazine rings is 1. The van der Waals surface area contributed by atoms with Gasteiger partial charge in [-0.05, 0) is 30.3 Å². The molecule has 1 aliphatic rings. The largest absolute Gasteiger partial charge is 0.496 e. The molecule has 2 amide bonds. The molecule has 0 saturated carbocycles. The van der Waals surface area contributed by atoms with Gasteiger partial charge in [0.2, 0.25) is 5.91 Å². The molecule has 1 saturated heterocycles. The second kappa shape index (κ2) is 8.16. The Morgan fingerprint density at radius 2 is 1.67 bits per heavy atom. The van der Waals surface area contributed by atoms with Crippen LogP contribution in [-0.2, 0) is 11.2 Å². The third kappa shape index (κ3) is 4.24. The number of hydrogen-bond acceptors (Lipinski definition) is 3. The minimum absolute atomic E-state index is 0.0161. The Morgan fingerprint density at radius 3 is 2.33 bits per heavy atom. The van der Waals surface area contributed by atoms with Gasteiger partial charge in [-0.25, -0.2) is 8.78 Å². The van der Waals surface area contributed by atoms with Gasteiger partial charge in [0.25, 0.3) is 5.91 Å². The van der Waals surface area contributed by atoms with E-state index in [1.54, 1.807) is 11.0 Å². The third-order valence-electron chi connectivity index (χ3n) is 4.61. The summed E-state index contributed by atoms with van der Waals surface area (Å²) >= 11 is 0. The van der Waals surface area contributed by atoms with Gasteiger partial charge in [-0.1, -0.05) is 12.1 Å². The van der Waals surface area contributed by atoms with Gasteiger partial charge in [-0.2, -0.15) is 0 Å². The quantitative estimate of drug-likeness (QED) is 0.826. The first-order valence-corrected chi connectivity index (χ1v) is 8.63. The normalized spacial score (nSPS) is 14.2. The van der Waals surface area contributed by atoms with Crippen LogP contribution in [0.5, 0.6) is 5.75 Å². The molecule has 7 heteroatoms. The molecule has 27 heavy (non-hydrogen) atoms. The summed E-state index contributed by atoms with van der Waals surface area (Å²) in [6.45, 7) is 1.33. The molecule has 1 fully saturated rings. The van der Waals surface area contributed by atoms with Crippen LogP contribution in [0.4, 0.5) is 8.78 Å². The summed E-state index contributed by atoms with van der Waals surface area (Å²) in [5.41, 5.74) is 0.508. The van der Waals surface area contributed by atoms with E-state index in [-0.39, 0.29) is 23.8 Å². The summed E-state index contributed by atoms with van der Waals surface area (Å²) in [4.78, 5) is 28.1. The van der Waals surface area contributed by atoms with E-state index in [1.165, 1.54) is 48.4 Å². The first-order chi connectivity index (χ1) is 13.0. The standard InChI is InChI=1S/C20H20F2N2O3/c1-27-18-7-6-15(21)12-14(18)13-19(25)23-8-10-24(11-9-23)20(26)16-4-2-3-5-17(16)22/h2-7,12H,8-11,13H2,1H3. The molecule has 0 atom stereocenters. The smallest absolute Gasteiger partial charge is 0.256 e. The lowest BCUT2D eigenvalue weighted by molar-refractivity contribution is -0.131. The lowest BCUT2D eigenvalue weighted by Crippen LogP contribution is -2.51. The molecule has 0 aliphatic carbocycles. The van der Waals surface area contributed by atoms with Gasteiger partial charge >= 0.3 is 0 Å². The van der Waals surface area contributed by atoms with Crippen molar-refractivity contribution < 1.29 is 23.1 Å². The second-order valence-corrected chi connectivity index (χ2v) is 6.29. The number of hydrogen-bond donors (Lipinski definition) is 0. The van der Waals surface area contributed by atoms with Crippen LogP contribution in [0.15, 0.2) is 42.5 Å². The van der Waals surface area contributed by atoms with Gasteiger partial charge < -0.3 is 14.5 Å². The van der Waals surface area contributed by atoms with Crippen LogP contribution in [-0.4, -0.2) is 54.9 Å². The maximum Gasteiger partial charge on any atom is 0.256 e. The highest BCUT2D eigenvalue weighted by atomic mass is 19.1. The van der Waals surface area contributed by atoms with Gasteiger partial charge in [-0.3, -0.25) is 9.59 Å². The van der Waals surface area contributed by atoms with Crippen molar-refractivity contribution in [1.29, 1.82) is 0 Å². The van der Waals surface area contributed by atoms with E-state index in [2.05, 4.69) is 0 Å². The minimum Gasteiger partial charge on any atom is -0.496 e. The first-order valence-electron chi connectivity index (χ1n) is 8.63. The van der Waals surface area contributed by atoms with Crippen LogP contribution in [0.3, 0.4) is 0 Å². The lowest BCUT2D eigenvalue weighted by atomic mass is 10.1. The molecule has 1 heterocycles. The second-order valence-electron chi connectivity index (χ2n) is 6.29. The van der Waals surface area contributed by atoms with Crippen LogP contribution in [0.2, 0.25) is 0 Å². The predicted molar refractivity (Wildman–Crippen MR) is 95.5 cm³/mol. The molecular weight excluding hydrogens is 354 g/mol. The molecule has 0 spiro atoms. The molecule has 2 aromatic carbocycles. The van der Waals surface area contributed by atoms with Crippen LogP contribution in [0, 0.1) is 11.6 Å². The zero-order chi connectivity index (χ0) is 19.4. The van der Waals surface area contributed by atoms with Crippen molar-refractivity contribution in [2.24, 2.45) is 0 Å². The number of ether oxygens (including phenoxy) is 1. The number of carbonyl (C=O) groups excluding carboxylic acids is 2. The summed E-state index contributed by atoms with van der Waals surface area (Å²) in [6.07, 6.45) is 0.0161.